The van der Waals surface area contributed by atoms with Gasteiger partial charge in [-0.25, -0.2) is 14.2 Å². The quantitative estimate of drug-likeness (QED) is 0.453. The smallest absolute Gasteiger partial charge is 0.234 e. The largest absolute Gasteiger partial charge is 0.256 e. The van der Waals surface area contributed by atoms with Crippen LogP contribution in [-0.2, 0) is 4.79 Å². The van der Waals surface area contributed by atoms with E-state index in [1.807, 2.05) is 12.3 Å². The molecule has 0 bridgehead atoms. The zero-order valence-corrected chi connectivity index (χ0v) is 13.2. The van der Waals surface area contributed by atoms with Crippen LogP contribution in [-0.4, -0.2) is 17.6 Å². The maximum absolute atomic E-state index is 13.6. The van der Waals surface area contributed by atoms with E-state index in [0.29, 0.717) is 12.5 Å². The van der Waals surface area contributed by atoms with E-state index in [4.69, 9.17) is 0 Å². The molecule has 1 aromatic heterocycles. The second kappa shape index (κ2) is 7.47. The van der Waals surface area contributed by atoms with Gasteiger partial charge >= 0.3 is 0 Å². The third-order valence-corrected chi connectivity index (χ3v) is 4.97. The zero-order chi connectivity index (χ0) is 16.1. The van der Waals surface area contributed by atoms with Crippen molar-refractivity contribution in [3.63, 3.8) is 0 Å². The summed E-state index contributed by atoms with van der Waals surface area (Å²) in [5.41, 5.74) is 2.11. The van der Waals surface area contributed by atoms with Crippen LogP contribution in [0.1, 0.15) is 50.0 Å². The van der Waals surface area contributed by atoms with Gasteiger partial charge in [0, 0.05) is 11.6 Å². The molecule has 2 aromatic rings. The van der Waals surface area contributed by atoms with Crippen LogP contribution >= 0.6 is 0 Å². The molecular formula is C19H21FN2O. The number of aromatic nitrogens is 1. The van der Waals surface area contributed by atoms with E-state index in [-0.39, 0.29) is 5.82 Å². The molecule has 1 saturated carbocycles. The first-order valence-corrected chi connectivity index (χ1v) is 8.35. The lowest BCUT2D eigenvalue weighted by Crippen LogP contribution is -2.14. The Morgan fingerprint density at radius 2 is 2.04 bits per heavy atom. The summed E-state index contributed by atoms with van der Waals surface area (Å²) in [6.45, 7) is 0.595. The Bertz CT molecular complexity index is 716. The molecule has 4 heteroatoms. The standard InChI is InChI=1S/C19H21FN2O/c20-16-7-8-19-18(12-16)17(9-11-22-19)15-5-3-14(4-6-15)2-1-10-21-13-23/h7-9,11-12,14-15H,1-6,10H2. The van der Waals surface area contributed by atoms with E-state index in [1.54, 1.807) is 18.2 Å². The number of benzene rings is 1. The number of halogens is 1. The topological polar surface area (TPSA) is 42.3 Å². The molecule has 1 aromatic carbocycles. The van der Waals surface area contributed by atoms with Gasteiger partial charge in [0.05, 0.1) is 12.1 Å². The molecule has 0 amide bonds. The molecule has 1 fully saturated rings. The van der Waals surface area contributed by atoms with Crippen molar-refractivity contribution in [2.75, 3.05) is 6.54 Å². The summed E-state index contributed by atoms with van der Waals surface area (Å²) in [6, 6.07) is 6.89. The number of hydrogen-bond acceptors (Lipinski definition) is 3. The van der Waals surface area contributed by atoms with Crippen LogP contribution in [0.15, 0.2) is 35.5 Å². The van der Waals surface area contributed by atoms with Crippen LogP contribution in [0.4, 0.5) is 4.39 Å². The molecule has 0 spiro atoms. The number of fused-ring (bicyclic) bond motifs is 1. The summed E-state index contributed by atoms with van der Waals surface area (Å²) >= 11 is 0. The summed E-state index contributed by atoms with van der Waals surface area (Å²) < 4.78 is 13.6. The summed E-state index contributed by atoms with van der Waals surface area (Å²) in [6.07, 6.45) is 10.2. The van der Waals surface area contributed by atoms with Crippen molar-refractivity contribution in [1.82, 2.24) is 4.98 Å². The molecule has 3 rings (SSSR count). The van der Waals surface area contributed by atoms with E-state index in [2.05, 4.69) is 9.98 Å². The van der Waals surface area contributed by atoms with Gasteiger partial charge in [-0.05, 0) is 80.2 Å². The first-order valence-electron chi connectivity index (χ1n) is 8.35. The van der Waals surface area contributed by atoms with Crippen LogP contribution in [0, 0.1) is 11.7 Å². The minimum atomic E-state index is -0.198. The number of carbonyl (C=O) groups excluding carboxylic acids is 1. The van der Waals surface area contributed by atoms with Crippen molar-refractivity contribution >= 4 is 17.0 Å². The molecular weight excluding hydrogens is 291 g/mol. The van der Waals surface area contributed by atoms with Gasteiger partial charge in [-0.15, -0.1) is 0 Å². The van der Waals surface area contributed by atoms with Crippen LogP contribution in [0.5, 0.6) is 0 Å². The highest BCUT2D eigenvalue weighted by molar-refractivity contribution is 5.82. The first kappa shape index (κ1) is 15.8. The molecule has 0 saturated heterocycles. The SMILES string of the molecule is O=C=NCCCC1CCC(c2ccnc3ccc(F)cc23)CC1. The lowest BCUT2D eigenvalue weighted by atomic mass is 9.76. The number of rotatable bonds is 5. The zero-order valence-electron chi connectivity index (χ0n) is 13.2. The van der Waals surface area contributed by atoms with Crippen molar-refractivity contribution in [3.8, 4) is 0 Å². The highest BCUT2D eigenvalue weighted by atomic mass is 19.1. The summed E-state index contributed by atoms with van der Waals surface area (Å²) in [4.78, 5) is 18.0. The molecule has 0 aliphatic heterocycles. The average molecular weight is 312 g/mol. The van der Waals surface area contributed by atoms with Crippen molar-refractivity contribution in [3.05, 3.63) is 41.8 Å². The second-order valence-electron chi connectivity index (χ2n) is 6.39. The Hall–Kier alpha value is -2.06. The monoisotopic (exact) mass is 312 g/mol. The fourth-order valence-electron chi connectivity index (χ4n) is 3.76. The van der Waals surface area contributed by atoms with Gasteiger partial charge in [-0.2, -0.15) is 0 Å². The molecule has 1 aliphatic rings. The van der Waals surface area contributed by atoms with Crippen molar-refractivity contribution in [2.45, 2.75) is 44.4 Å². The number of hydrogen-bond donors (Lipinski definition) is 0. The van der Waals surface area contributed by atoms with Gasteiger partial charge in [0.1, 0.15) is 5.82 Å². The van der Waals surface area contributed by atoms with Crippen molar-refractivity contribution in [2.24, 2.45) is 10.9 Å². The van der Waals surface area contributed by atoms with Crippen LogP contribution < -0.4 is 0 Å². The summed E-state index contributed by atoms with van der Waals surface area (Å²) in [5.74, 6) is 1.01. The molecule has 3 nitrogen and oxygen atoms in total. The average Bonchev–Trinajstić information content (AvgIpc) is 2.59. The van der Waals surface area contributed by atoms with E-state index >= 15 is 0 Å². The molecule has 23 heavy (non-hydrogen) atoms. The molecule has 0 N–H and O–H groups in total. The summed E-state index contributed by atoms with van der Waals surface area (Å²) in [7, 11) is 0. The van der Waals surface area contributed by atoms with Gasteiger partial charge < -0.3 is 0 Å². The van der Waals surface area contributed by atoms with Crippen LogP contribution in [0.2, 0.25) is 0 Å². The highest BCUT2D eigenvalue weighted by Crippen LogP contribution is 2.39. The minimum absolute atomic E-state index is 0.198. The van der Waals surface area contributed by atoms with Gasteiger partial charge in [-0.3, -0.25) is 4.98 Å². The van der Waals surface area contributed by atoms with Gasteiger partial charge in [0.2, 0.25) is 6.08 Å². The predicted molar refractivity (Wildman–Crippen MR) is 88.6 cm³/mol. The number of aliphatic imine (C=N–C) groups is 1. The first-order chi connectivity index (χ1) is 11.3. The third kappa shape index (κ3) is 3.83. The lowest BCUT2D eigenvalue weighted by molar-refractivity contribution is 0.307. The Morgan fingerprint density at radius 3 is 2.83 bits per heavy atom. The summed E-state index contributed by atoms with van der Waals surface area (Å²) in [5, 5.41) is 0.955. The maximum Gasteiger partial charge on any atom is 0.234 e. The fourth-order valence-corrected chi connectivity index (χ4v) is 3.76. The number of pyridine rings is 1. The maximum atomic E-state index is 13.6. The Morgan fingerprint density at radius 1 is 1.22 bits per heavy atom. The Kier molecular flexibility index (Phi) is 5.14. The molecule has 0 atom stereocenters. The van der Waals surface area contributed by atoms with Gasteiger partial charge in [-0.1, -0.05) is 0 Å². The van der Waals surface area contributed by atoms with Gasteiger partial charge in [0.25, 0.3) is 0 Å². The lowest BCUT2D eigenvalue weighted by Gasteiger charge is -2.29. The molecule has 1 aliphatic carbocycles. The third-order valence-electron chi connectivity index (χ3n) is 4.97. The predicted octanol–water partition coefficient (Wildman–Crippen LogP) is 4.76. The van der Waals surface area contributed by atoms with E-state index in [1.165, 1.54) is 24.5 Å². The van der Waals surface area contributed by atoms with Crippen molar-refractivity contribution in [1.29, 1.82) is 0 Å². The van der Waals surface area contributed by atoms with Gasteiger partial charge in [0.15, 0.2) is 0 Å². The Labute approximate surface area is 135 Å². The fraction of sp³-hybridized carbons (Fsp3) is 0.474. The van der Waals surface area contributed by atoms with Crippen LogP contribution in [0.3, 0.4) is 0 Å². The highest BCUT2D eigenvalue weighted by Gasteiger charge is 2.23. The second-order valence-corrected chi connectivity index (χ2v) is 6.39. The number of nitrogens with zero attached hydrogens (tertiary/aromatic N) is 2. The normalized spacial score (nSPS) is 21.1. The Balaban J connectivity index is 1.66. The number of isocyanates is 1. The minimum Gasteiger partial charge on any atom is -0.256 e. The molecule has 0 radical (unpaired) electrons. The molecule has 1 heterocycles. The molecule has 0 unspecified atom stereocenters. The van der Waals surface area contributed by atoms with E-state index in [9.17, 15) is 9.18 Å². The van der Waals surface area contributed by atoms with Crippen molar-refractivity contribution < 1.29 is 9.18 Å². The van der Waals surface area contributed by atoms with E-state index in [0.717, 1.165) is 42.5 Å². The van der Waals surface area contributed by atoms with E-state index < -0.39 is 0 Å². The van der Waals surface area contributed by atoms with Crippen LogP contribution in [0.25, 0.3) is 10.9 Å². The molecule has 120 valence electrons.